The molecular weight excluding hydrogens is 350 g/mol. The highest BCUT2D eigenvalue weighted by Gasteiger charge is 2.10. The lowest BCUT2D eigenvalue weighted by atomic mass is 10.2. The van der Waals surface area contributed by atoms with Crippen molar-refractivity contribution in [2.75, 3.05) is 37.8 Å². The summed E-state index contributed by atoms with van der Waals surface area (Å²) in [4.78, 5) is 19.8. The zero-order valence-electron chi connectivity index (χ0n) is 15.1. The van der Waals surface area contributed by atoms with Gasteiger partial charge in [-0.15, -0.1) is 0 Å². The van der Waals surface area contributed by atoms with Gasteiger partial charge in [0.05, 0.1) is 0 Å². The van der Waals surface area contributed by atoms with Crippen LogP contribution in [0, 0.1) is 6.92 Å². The number of anilines is 3. The number of nitrogens with zero attached hydrogens (tertiary/aromatic N) is 5. The van der Waals surface area contributed by atoms with Crippen molar-refractivity contribution in [1.29, 1.82) is 0 Å². The van der Waals surface area contributed by atoms with Crippen molar-refractivity contribution in [3.05, 3.63) is 41.2 Å². The molecule has 0 saturated heterocycles. The average molecular weight is 372 g/mol. The quantitative estimate of drug-likeness (QED) is 0.615. The first-order valence-electron chi connectivity index (χ1n) is 8.43. The zero-order chi connectivity index (χ0) is 18.5. The molecule has 3 aromatic rings. The van der Waals surface area contributed by atoms with Crippen LogP contribution >= 0.6 is 11.6 Å². The molecule has 0 unspecified atom stereocenters. The summed E-state index contributed by atoms with van der Waals surface area (Å²) in [7, 11) is 4.10. The summed E-state index contributed by atoms with van der Waals surface area (Å²) in [6.45, 7) is 3.74. The summed E-state index contributed by atoms with van der Waals surface area (Å²) < 4.78 is 0. The Balaban J connectivity index is 1.86. The Bertz CT molecular complexity index is 898. The lowest BCUT2D eigenvalue weighted by Gasteiger charge is -2.12. The van der Waals surface area contributed by atoms with Gasteiger partial charge in [-0.2, -0.15) is 9.97 Å². The van der Waals surface area contributed by atoms with Gasteiger partial charge in [0.2, 0.25) is 5.95 Å². The molecule has 3 rings (SSSR count). The van der Waals surface area contributed by atoms with E-state index in [2.05, 4.69) is 49.6 Å². The van der Waals surface area contributed by atoms with Gasteiger partial charge < -0.3 is 15.5 Å². The Morgan fingerprint density at radius 1 is 1.12 bits per heavy atom. The molecule has 0 amide bonds. The molecule has 8 heteroatoms. The fraction of sp³-hybridized carbons (Fsp3) is 0.333. The third kappa shape index (κ3) is 4.56. The number of hydrogen-bond acceptors (Lipinski definition) is 7. The van der Waals surface area contributed by atoms with Crippen LogP contribution in [0.1, 0.15) is 12.0 Å². The summed E-state index contributed by atoms with van der Waals surface area (Å²) in [5.74, 6) is 1.12. The SMILES string of the molecule is Cc1ccc(Nc2nc(NCCCN(C)C)nc3nccnc23)cc1Cl. The first kappa shape index (κ1) is 18.3. The van der Waals surface area contributed by atoms with E-state index in [4.69, 9.17) is 11.6 Å². The topological polar surface area (TPSA) is 78.9 Å². The van der Waals surface area contributed by atoms with Crippen molar-refractivity contribution in [2.45, 2.75) is 13.3 Å². The van der Waals surface area contributed by atoms with Crippen LogP contribution in [0.5, 0.6) is 0 Å². The predicted octanol–water partition coefficient (Wildman–Crippen LogP) is 3.49. The maximum Gasteiger partial charge on any atom is 0.226 e. The number of hydrogen-bond donors (Lipinski definition) is 2. The number of benzene rings is 1. The van der Waals surface area contributed by atoms with E-state index in [1.54, 1.807) is 12.4 Å². The van der Waals surface area contributed by atoms with Crippen LogP contribution in [0.3, 0.4) is 0 Å². The minimum atomic E-state index is 0.525. The Labute approximate surface area is 157 Å². The van der Waals surface area contributed by atoms with Gasteiger partial charge in [-0.1, -0.05) is 17.7 Å². The fourth-order valence-corrected chi connectivity index (χ4v) is 2.61. The molecule has 0 saturated carbocycles. The number of fused-ring (bicyclic) bond motifs is 1. The van der Waals surface area contributed by atoms with Gasteiger partial charge >= 0.3 is 0 Å². The highest BCUT2D eigenvalue weighted by molar-refractivity contribution is 6.31. The van der Waals surface area contributed by atoms with E-state index in [1.165, 1.54) is 0 Å². The average Bonchev–Trinajstić information content (AvgIpc) is 2.62. The predicted molar refractivity (Wildman–Crippen MR) is 106 cm³/mol. The molecule has 0 bridgehead atoms. The Kier molecular flexibility index (Phi) is 5.80. The Morgan fingerprint density at radius 3 is 2.69 bits per heavy atom. The molecule has 0 aliphatic carbocycles. The fourth-order valence-electron chi connectivity index (χ4n) is 2.43. The van der Waals surface area contributed by atoms with Crippen molar-refractivity contribution in [2.24, 2.45) is 0 Å². The minimum absolute atomic E-state index is 0.525. The van der Waals surface area contributed by atoms with E-state index in [0.717, 1.165) is 30.8 Å². The first-order valence-corrected chi connectivity index (χ1v) is 8.81. The maximum absolute atomic E-state index is 6.22. The Hall–Kier alpha value is -2.51. The van der Waals surface area contributed by atoms with E-state index in [9.17, 15) is 0 Å². The van der Waals surface area contributed by atoms with Gasteiger partial charge in [-0.3, -0.25) is 0 Å². The number of aromatic nitrogens is 4. The molecule has 136 valence electrons. The van der Waals surface area contributed by atoms with Crippen molar-refractivity contribution in [3.8, 4) is 0 Å². The van der Waals surface area contributed by atoms with Crippen LogP contribution in [0.2, 0.25) is 5.02 Å². The molecule has 0 spiro atoms. The molecule has 26 heavy (non-hydrogen) atoms. The maximum atomic E-state index is 6.22. The molecule has 2 aromatic heterocycles. The number of rotatable bonds is 7. The van der Waals surface area contributed by atoms with Crippen LogP contribution < -0.4 is 10.6 Å². The van der Waals surface area contributed by atoms with Gasteiger partial charge in [-0.25, -0.2) is 9.97 Å². The second-order valence-electron chi connectivity index (χ2n) is 6.30. The molecule has 0 aliphatic heterocycles. The first-order chi connectivity index (χ1) is 12.5. The van der Waals surface area contributed by atoms with E-state index in [-0.39, 0.29) is 0 Å². The number of aryl methyl sites for hydroxylation is 1. The smallest absolute Gasteiger partial charge is 0.226 e. The van der Waals surface area contributed by atoms with Crippen LogP contribution in [0.25, 0.3) is 11.2 Å². The molecule has 0 fully saturated rings. The van der Waals surface area contributed by atoms with Gasteiger partial charge in [0.25, 0.3) is 0 Å². The highest BCUT2D eigenvalue weighted by Crippen LogP contribution is 2.25. The molecule has 2 N–H and O–H groups in total. The lowest BCUT2D eigenvalue weighted by Crippen LogP contribution is -2.17. The third-order valence-corrected chi connectivity index (χ3v) is 4.24. The Morgan fingerprint density at radius 2 is 1.92 bits per heavy atom. The van der Waals surface area contributed by atoms with Crippen molar-refractivity contribution in [1.82, 2.24) is 24.8 Å². The standard InChI is InChI=1S/C18H22ClN7/c1-12-5-6-13(11-14(12)19)23-17-15-16(21-9-8-20-15)24-18(25-17)22-7-4-10-26(2)3/h5-6,8-9,11H,4,7,10H2,1-3H3,(H2,21,22,23,24,25). The van der Waals surface area contributed by atoms with Crippen LogP contribution in [-0.4, -0.2) is 52.0 Å². The van der Waals surface area contributed by atoms with E-state index < -0.39 is 0 Å². The minimum Gasteiger partial charge on any atom is -0.354 e. The largest absolute Gasteiger partial charge is 0.354 e. The van der Waals surface area contributed by atoms with Crippen LogP contribution in [-0.2, 0) is 0 Å². The third-order valence-electron chi connectivity index (χ3n) is 3.83. The molecule has 1 aromatic carbocycles. The monoisotopic (exact) mass is 371 g/mol. The van der Waals surface area contributed by atoms with Gasteiger partial charge in [-0.05, 0) is 51.7 Å². The van der Waals surface area contributed by atoms with Crippen molar-refractivity contribution >= 4 is 40.2 Å². The normalized spacial score (nSPS) is 11.1. The van der Waals surface area contributed by atoms with Crippen molar-refractivity contribution in [3.63, 3.8) is 0 Å². The van der Waals surface area contributed by atoms with E-state index in [0.29, 0.717) is 28.0 Å². The summed E-state index contributed by atoms with van der Waals surface area (Å²) >= 11 is 6.22. The molecule has 0 radical (unpaired) electrons. The summed E-state index contributed by atoms with van der Waals surface area (Å²) in [5, 5.41) is 7.23. The molecule has 7 nitrogen and oxygen atoms in total. The van der Waals surface area contributed by atoms with E-state index >= 15 is 0 Å². The second-order valence-corrected chi connectivity index (χ2v) is 6.70. The number of nitrogens with one attached hydrogen (secondary N) is 2. The summed E-state index contributed by atoms with van der Waals surface area (Å²) in [5.41, 5.74) is 3.01. The van der Waals surface area contributed by atoms with Crippen LogP contribution in [0.15, 0.2) is 30.6 Å². The van der Waals surface area contributed by atoms with Crippen molar-refractivity contribution < 1.29 is 0 Å². The van der Waals surface area contributed by atoms with Crippen LogP contribution in [0.4, 0.5) is 17.5 Å². The zero-order valence-corrected chi connectivity index (χ0v) is 15.9. The summed E-state index contributed by atoms with van der Waals surface area (Å²) in [6.07, 6.45) is 4.24. The molecule has 0 aliphatic rings. The van der Waals surface area contributed by atoms with E-state index in [1.807, 2.05) is 25.1 Å². The van der Waals surface area contributed by atoms with Gasteiger partial charge in [0.15, 0.2) is 17.0 Å². The number of halogens is 1. The van der Waals surface area contributed by atoms with Gasteiger partial charge in [0.1, 0.15) is 0 Å². The van der Waals surface area contributed by atoms with Gasteiger partial charge in [0, 0.05) is 29.6 Å². The molecule has 2 heterocycles. The highest BCUT2D eigenvalue weighted by atomic mass is 35.5. The summed E-state index contributed by atoms with van der Waals surface area (Å²) in [6, 6.07) is 5.78. The second kappa shape index (κ2) is 8.25. The molecule has 0 atom stereocenters. The molecular formula is C18H22ClN7. The lowest BCUT2D eigenvalue weighted by molar-refractivity contribution is 0.405.